The molecule has 1 unspecified atom stereocenters. The molecule has 0 aliphatic carbocycles. The van der Waals surface area contributed by atoms with Gasteiger partial charge in [0.05, 0.1) is 28.1 Å². The van der Waals surface area contributed by atoms with Gasteiger partial charge >= 0.3 is 12.1 Å². The Morgan fingerprint density at radius 1 is 0.690 bits per heavy atom. The molecule has 0 fully saturated rings. The van der Waals surface area contributed by atoms with Crippen molar-refractivity contribution in [2.24, 2.45) is 0 Å². The summed E-state index contributed by atoms with van der Waals surface area (Å²) in [5.41, 5.74) is 2.61. The van der Waals surface area contributed by atoms with Crippen LogP contribution in [0.2, 0.25) is 0 Å². The molecular formula is C34H23F3N2O3. The van der Waals surface area contributed by atoms with E-state index in [1.807, 2.05) is 49.4 Å². The number of carbonyl (C=O) groups excluding carboxylic acids is 1. The second-order valence-electron chi connectivity index (χ2n) is 10.3. The molecule has 2 N–H and O–H groups in total. The molecule has 0 radical (unpaired) electrons. The fourth-order valence-corrected chi connectivity index (χ4v) is 5.70. The molecule has 208 valence electrons. The highest BCUT2D eigenvalue weighted by Gasteiger charge is 2.54. The molecule has 0 bridgehead atoms. The van der Waals surface area contributed by atoms with Crippen LogP contribution in [0.3, 0.4) is 0 Å². The number of alkyl halides is 3. The third-order valence-electron chi connectivity index (χ3n) is 7.57. The molecule has 5 aromatic rings. The number of hydrogen-bond donors (Lipinski definition) is 2. The lowest BCUT2D eigenvalue weighted by Gasteiger charge is -2.38. The van der Waals surface area contributed by atoms with E-state index in [1.165, 1.54) is 18.2 Å². The van der Waals surface area contributed by atoms with Crippen LogP contribution in [0.25, 0.3) is 0 Å². The molecule has 0 saturated carbocycles. The quantitative estimate of drug-likeness (QED) is 0.213. The van der Waals surface area contributed by atoms with Crippen LogP contribution in [0.15, 0.2) is 109 Å². The zero-order valence-corrected chi connectivity index (χ0v) is 22.3. The van der Waals surface area contributed by atoms with Crippen LogP contribution in [-0.2, 0) is 16.5 Å². The van der Waals surface area contributed by atoms with Crippen LogP contribution in [0, 0.1) is 6.92 Å². The summed E-state index contributed by atoms with van der Waals surface area (Å²) in [4.78, 5) is 13.3. The zero-order chi connectivity index (χ0) is 29.1. The number of fused-ring (bicyclic) bond motifs is 6. The molecule has 1 atom stereocenters. The number of hydrogen-bond acceptors (Lipinski definition) is 5. The van der Waals surface area contributed by atoms with Crippen molar-refractivity contribution in [2.45, 2.75) is 18.7 Å². The van der Waals surface area contributed by atoms with Gasteiger partial charge in [-0.3, -0.25) is 0 Å². The maximum atomic E-state index is 13.9. The number of rotatable bonds is 4. The van der Waals surface area contributed by atoms with E-state index in [0.717, 1.165) is 23.0 Å². The first-order chi connectivity index (χ1) is 20.2. The van der Waals surface area contributed by atoms with Gasteiger partial charge in [-0.1, -0.05) is 54.1 Å². The highest BCUT2D eigenvalue weighted by Crippen LogP contribution is 2.58. The topological polar surface area (TPSA) is 59.6 Å². The number of halogens is 3. The summed E-state index contributed by atoms with van der Waals surface area (Å²) in [5, 5.41) is 6.35. The van der Waals surface area contributed by atoms with Crippen LogP contribution in [0.5, 0.6) is 11.5 Å². The van der Waals surface area contributed by atoms with Gasteiger partial charge < -0.3 is 20.1 Å². The highest BCUT2D eigenvalue weighted by molar-refractivity contribution is 5.98. The van der Waals surface area contributed by atoms with Crippen molar-refractivity contribution in [2.75, 3.05) is 10.6 Å². The highest BCUT2D eigenvalue weighted by atomic mass is 19.4. The maximum absolute atomic E-state index is 13.9. The van der Waals surface area contributed by atoms with Crippen LogP contribution in [0.1, 0.15) is 38.2 Å². The molecule has 8 heteroatoms. The van der Waals surface area contributed by atoms with E-state index in [4.69, 9.17) is 9.47 Å². The van der Waals surface area contributed by atoms with E-state index in [2.05, 4.69) is 10.6 Å². The third-order valence-corrected chi connectivity index (χ3v) is 7.57. The zero-order valence-electron chi connectivity index (χ0n) is 22.3. The van der Waals surface area contributed by atoms with E-state index in [0.29, 0.717) is 39.4 Å². The van der Waals surface area contributed by atoms with Gasteiger partial charge in [0.25, 0.3) is 0 Å². The Bertz CT molecular complexity index is 1870. The summed E-state index contributed by atoms with van der Waals surface area (Å²) in [6, 6.07) is 30.8. The van der Waals surface area contributed by atoms with E-state index < -0.39 is 23.3 Å². The first-order valence-corrected chi connectivity index (χ1v) is 13.3. The van der Waals surface area contributed by atoms with Gasteiger partial charge in [0.15, 0.2) is 5.60 Å². The summed E-state index contributed by atoms with van der Waals surface area (Å²) < 4.78 is 54.4. The number of benzene rings is 5. The van der Waals surface area contributed by atoms with Crippen molar-refractivity contribution in [3.05, 3.63) is 143 Å². The summed E-state index contributed by atoms with van der Waals surface area (Å²) in [5.74, 6) is 0.280. The molecule has 42 heavy (non-hydrogen) atoms. The molecule has 2 aliphatic heterocycles. The number of aryl methyl sites for hydroxylation is 1. The van der Waals surface area contributed by atoms with Crippen LogP contribution in [-0.4, -0.2) is 5.97 Å². The molecule has 1 spiro atoms. The second-order valence-corrected chi connectivity index (χ2v) is 10.3. The minimum Gasteiger partial charge on any atom is -0.456 e. The van der Waals surface area contributed by atoms with E-state index in [-0.39, 0.29) is 5.69 Å². The molecule has 7 rings (SSSR count). The number of anilines is 4. The summed E-state index contributed by atoms with van der Waals surface area (Å²) >= 11 is 0. The van der Waals surface area contributed by atoms with Crippen molar-refractivity contribution in [3.63, 3.8) is 0 Å². The minimum absolute atomic E-state index is 0.130. The Morgan fingerprint density at radius 3 is 2.21 bits per heavy atom. The first-order valence-electron chi connectivity index (χ1n) is 13.3. The predicted octanol–water partition coefficient (Wildman–Crippen LogP) is 9.07. The van der Waals surface area contributed by atoms with Gasteiger partial charge in [0, 0.05) is 28.6 Å². The monoisotopic (exact) mass is 564 g/mol. The van der Waals surface area contributed by atoms with Gasteiger partial charge in [-0.2, -0.15) is 13.2 Å². The Morgan fingerprint density at radius 2 is 1.40 bits per heavy atom. The van der Waals surface area contributed by atoms with Crippen molar-refractivity contribution >= 4 is 28.7 Å². The predicted molar refractivity (Wildman–Crippen MR) is 154 cm³/mol. The fourth-order valence-electron chi connectivity index (χ4n) is 5.70. The Balaban J connectivity index is 1.41. The van der Waals surface area contributed by atoms with Gasteiger partial charge in [0.2, 0.25) is 0 Å². The summed E-state index contributed by atoms with van der Waals surface area (Å²) in [6.45, 7) is 2.01. The largest absolute Gasteiger partial charge is 0.456 e. The van der Waals surface area contributed by atoms with Crippen molar-refractivity contribution in [1.82, 2.24) is 0 Å². The minimum atomic E-state index is -4.58. The van der Waals surface area contributed by atoms with Crippen LogP contribution < -0.4 is 15.4 Å². The lowest BCUT2D eigenvalue weighted by atomic mass is 9.77. The first kappa shape index (κ1) is 25.7. The van der Waals surface area contributed by atoms with E-state index in [1.54, 1.807) is 42.5 Å². The Labute approximate surface area is 239 Å². The van der Waals surface area contributed by atoms with Gasteiger partial charge in [-0.05, 0) is 61.5 Å². The Hall–Kier alpha value is -5.24. The lowest BCUT2D eigenvalue weighted by molar-refractivity contribution is -0.136. The number of carbonyl (C=O) groups is 1. The normalized spacial score (nSPS) is 16.6. The number of nitrogens with one attached hydrogen (secondary N) is 2. The smallest absolute Gasteiger partial charge is 0.418 e. The average Bonchev–Trinajstić information content (AvgIpc) is 3.26. The van der Waals surface area contributed by atoms with E-state index in [9.17, 15) is 18.0 Å². The third kappa shape index (κ3) is 4.06. The average molecular weight is 565 g/mol. The summed E-state index contributed by atoms with van der Waals surface area (Å²) in [6.07, 6.45) is -4.58. The second kappa shape index (κ2) is 9.41. The SMILES string of the molecule is Cc1ccc(Nc2ccc3c(c2)Oc2cccc(Nc4ccccc4C(F)(F)F)c2C32OC(=O)c3ccccc32)cc1. The summed E-state index contributed by atoms with van der Waals surface area (Å²) in [7, 11) is 0. The van der Waals surface area contributed by atoms with E-state index >= 15 is 0 Å². The molecule has 0 amide bonds. The molecule has 2 aliphatic rings. The van der Waals surface area contributed by atoms with Crippen LogP contribution in [0.4, 0.5) is 35.9 Å². The number of para-hydroxylation sites is 1. The van der Waals surface area contributed by atoms with Crippen molar-refractivity contribution < 1.29 is 27.4 Å². The molecular weight excluding hydrogens is 541 g/mol. The van der Waals surface area contributed by atoms with Gasteiger partial charge in [-0.25, -0.2) is 4.79 Å². The van der Waals surface area contributed by atoms with Crippen molar-refractivity contribution in [1.29, 1.82) is 0 Å². The fraction of sp³-hybridized carbons (Fsp3) is 0.0882. The van der Waals surface area contributed by atoms with Gasteiger partial charge in [-0.15, -0.1) is 0 Å². The molecule has 2 heterocycles. The maximum Gasteiger partial charge on any atom is 0.418 e. The van der Waals surface area contributed by atoms with Crippen molar-refractivity contribution in [3.8, 4) is 11.5 Å². The number of esters is 1. The molecule has 0 aromatic heterocycles. The van der Waals surface area contributed by atoms with Gasteiger partial charge in [0.1, 0.15) is 11.5 Å². The molecule has 5 aromatic carbocycles. The lowest BCUT2D eigenvalue weighted by Crippen LogP contribution is -2.34. The standard InChI is InChI=1S/C34H23F3N2O3/c1-20-13-15-21(16-14-20)38-22-17-18-26-30(19-22)41-29-12-6-11-28(39-27-10-5-4-9-25(27)34(35,36)37)31(29)33(26)24-8-3-2-7-23(24)32(40)42-33/h2-19,38-39H,1H3. The Kier molecular flexibility index (Phi) is 5.76. The molecule has 0 saturated heterocycles. The molecule has 5 nitrogen and oxygen atoms in total. The number of ether oxygens (including phenoxy) is 2. The van der Waals surface area contributed by atoms with Crippen LogP contribution >= 0.6 is 0 Å².